The fraction of sp³-hybridized carbons (Fsp3) is 0.400. The molecule has 0 aliphatic carbocycles. The Morgan fingerprint density at radius 2 is 1.75 bits per heavy atom. The monoisotopic (exact) mass is 209 g/mol. The maximum atomic E-state index is 8.40. The summed E-state index contributed by atoms with van der Waals surface area (Å²) in [5, 5.41) is 8.33. The zero-order valence-electron chi connectivity index (χ0n) is 5.87. The summed E-state index contributed by atoms with van der Waals surface area (Å²) in [5.74, 6) is 0. The van der Waals surface area contributed by atoms with Crippen LogP contribution < -0.4 is 4.74 Å². The van der Waals surface area contributed by atoms with E-state index in [9.17, 15) is 0 Å². The van der Waals surface area contributed by atoms with Gasteiger partial charge in [0.25, 0.3) is 0 Å². The molecule has 12 heavy (non-hydrogen) atoms. The summed E-state index contributed by atoms with van der Waals surface area (Å²) in [6.45, 7) is -0.0302. The van der Waals surface area contributed by atoms with Gasteiger partial charge in [-0.25, -0.2) is 0 Å². The number of halogens is 2. The standard InChI is InChI=1S/C5H5Cl2N3O2/c6-3-8-4(7)10-5(9-3)12-2-1-11/h11H,1-2H2. The van der Waals surface area contributed by atoms with Crippen LogP contribution in [-0.2, 0) is 0 Å². The van der Waals surface area contributed by atoms with E-state index in [2.05, 4.69) is 15.0 Å². The highest BCUT2D eigenvalue weighted by Crippen LogP contribution is 2.10. The molecule has 0 fully saturated rings. The summed E-state index contributed by atoms with van der Waals surface area (Å²) in [4.78, 5) is 10.7. The Morgan fingerprint density at radius 1 is 1.17 bits per heavy atom. The van der Waals surface area contributed by atoms with Gasteiger partial charge in [0.05, 0.1) is 6.61 Å². The maximum Gasteiger partial charge on any atom is 0.322 e. The van der Waals surface area contributed by atoms with E-state index < -0.39 is 0 Å². The molecule has 0 spiro atoms. The van der Waals surface area contributed by atoms with Crippen LogP contribution in [0.5, 0.6) is 6.01 Å². The summed E-state index contributed by atoms with van der Waals surface area (Å²) in [6, 6.07) is 0.00838. The van der Waals surface area contributed by atoms with Crippen LogP contribution in [0.4, 0.5) is 0 Å². The van der Waals surface area contributed by atoms with E-state index in [1.165, 1.54) is 0 Å². The van der Waals surface area contributed by atoms with Gasteiger partial charge in [0.1, 0.15) is 6.61 Å². The second kappa shape index (κ2) is 4.39. The average molecular weight is 210 g/mol. The van der Waals surface area contributed by atoms with Crippen molar-refractivity contribution in [3.8, 4) is 6.01 Å². The number of aliphatic hydroxyl groups is 1. The highest BCUT2D eigenvalue weighted by Gasteiger charge is 2.02. The van der Waals surface area contributed by atoms with Gasteiger partial charge >= 0.3 is 6.01 Å². The van der Waals surface area contributed by atoms with Crippen LogP contribution in [-0.4, -0.2) is 33.3 Å². The third-order valence-corrected chi connectivity index (χ3v) is 1.22. The van der Waals surface area contributed by atoms with Gasteiger partial charge in [-0.15, -0.1) is 0 Å². The number of aliphatic hydroxyl groups excluding tert-OH is 1. The van der Waals surface area contributed by atoms with E-state index in [0.717, 1.165) is 0 Å². The van der Waals surface area contributed by atoms with Gasteiger partial charge < -0.3 is 9.84 Å². The van der Waals surface area contributed by atoms with E-state index in [4.69, 9.17) is 33.0 Å². The first-order chi connectivity index (χ1) is 5.72. The molecule has 0 unspecified atom stereocenters. The van der Waals surface area contributed by atoms with Gasteiger partial charge in [-0.2, -0.15) is 15.0 Å². The van der Waals surface area contributed by atoms with Gasteiger partial charge in [0.2, 0.25) is 10.6 Å². The van der Waals surface area contributed by atoms with Crippen LogP contribution in [0, 0.1) is 0 Å². The zero-order chi connectivity index (χ0) is 8.97. The predicted octanol–water partition coefficient (Wildman–Crippen LogP) is 0.549. The quantitative estimate of drug-likeness (QED) is 0.788. The molecular formula is C5H5Cl2N3O2. The lowest BCUT2D eigenvalue weighted by Crippen LogP contribution is -2.05. The molecule has 0 aliphatic heterocycles. The zero-order valence-corrected chi connectivity index (χ0v) is 7.38. The highest BCUT2D eigenvalue weighted by molar-refractivity contribution is 6.31. The molecule has 0 aromatic carbocycles. The largest absolute Gasteiger partial charge is 0.461 e. The minimum absolute atomic E-state index is 0.00838. The van der Waals surface area contributed by atoms with E-state index in [0.29, 0.717) is 0 Å². The molecule has 5 nitrogen and oxygen atoms in total. The Balaban J connectivity index is 2.72. The molecule has 0 amide bonds. The molecule has 0 radical (unpaired) electrons. The number of hydrogen-bond donors (Lipinski definition) is 1. The molecule has 0 saturated carbocycles. The van der Waals surface area contributed by atoms with Crippen molar-refractivity contribution < 1.29 is 9.84 Å². The first-order valence-corrected chi connectivity index (χ1v) is 3.78. The van der Waals surface area contributed by atoms with Crippen molar-refractivity contribution in [2.24, 2.45) is 0 Å². The number of rotatable bonds is 3. The Morgan fingerprint density at radius 3 is 2.25 bits per heavy atom. The SMILES string of the molecule is OCCOc1nc(Cl)nc(Cl)n1. The summed E-state index contributed by atoms with van der Waals surface area (Å²) < 4.78 is 4.84. The van der Waals surface area contributed by atoms with Crippen molar-refractivity contribution in [2.75, 3.05) is 13.2 Å². The van der Waals surface area contributed by atoms with Crippen molar-refractivity contribution in [2.45, 2.75) is 0 Å². The van der Waals surface area contributed by atoms with Crippen LogP contribution in [0.25, 0.3) is 0 Å². The second-order valence-electron chi connectivity index (χ2n) is 1.73. The molecule has 0 atom stereocenters. The van der Waals surface area contributed by atoms with Gasteiger partial charge in [-0.3, -0.25) is 0 Å². The van der Waals surface area contributed by atoms with Crippen molar-refractivity contribution in [3.05, 3.63) is 10.6 Å². The van der Waals surface area contributed by atoms with Crippen LogP contribution in [0.3, 0.4) is 0 Å². The van der Waals surface area contributed by atoms with Crippen LogP contribution in [0.1, 0.15) is 0 Å². The Bertz CT molecular complexity index is 251. The summed E-state index contributed by atoms with van der Waals surface area (Å²) in [5.41, 5.74) is 0. The third kappa shape index (κ3) is 2.77. The fourth-order valence-electron chi connectivity index (χ4n) is 0.510. The summed E-state index contributed by atoms with van der Waals surface area (Å²) >= 11 is 10.9. The average Bonchev–Trinajstić information content (AvgIpc) is 1.99. The number of ether oxygens (including phenoxy) is 1. The first-order valence-electron chi connectivity index (χ1n) is 3.03. The number of nitrogens with zero attached hydrogens (tertiary/aromatic N) is 3. The van der Waals surface area contributed by atoms with E-state index in [1.54, 1.807) is 0 Å². The normalized spacial score (nSPS) is 9.92. The van der Waals surface area contributed by atoms with Crippen molar-refractivity contribution in [1.29, 1.82) is 0 Å². The molecule has 1 aromatic heterocycles. The number of hydrogen-bond acceptors (Lipinski definition) is 5. The Kier molecular flexibility index (Phi) is 3.46. The molecule has 7 heteroatoms. The van der Waals surface area contributed by atoms with Crippen molar-refractivity contribution in [3.63, 3.8) is 0 Å². The molecular weight excluding hydrogens is 205 g/mol. The molecule has 0 saturated heterocycles. The van der Waals surface area contributed by atoms with Gasteiger partial charge in [0.15, 0.2) is 0 Å². The fourth-order valence-corrected chi connectivity index (χ4v) is 0.858. The van der Waals surface area contributed by atoms with E-state index in [1.807, 2.05) is 0 Å². The maximum absolute atomic E-state index is 8.40. The lowest BCUT2D eigenvalue weighted by Gasteiger charge is -2.00. The highest BCUT2D eigenvalue weighted by atomic mass is 35.5. The molecule has 1 aromatic rings. The molecule has 66 valence electrons. The van der Waals surface area contributed by atoms with Crippen molar-refractivity contribution in [1.82, 2.24) is 15.0 Å². The lowest BCUT2D eigenvalue weighted by atomic mass is 10.8. The summed E-state index contributed by atoms with van der Waals surface area (Å²) in [7, 11) is 0. The molecule has 1 rings (SSSR count). The topological polar surface area (TPSA) is 68.1 Å². The van der Waals surface area contributed by atoms with Crippen LogP contribution in [0.15, 0.2) is 0 Å². The van der Waals surface area contributed by atoms with Crippen LogP contribution >= 0.6 is 23.2 Å². The third-order valence-electron chi connectivity index (χ3n) is 0.883. The Labute approximate surface area is 78.3 Å². The minimum Gasteiger partial charge on any atom is -0.461 e. The van der Waals surface area contributed by atoms with E-state index in [-0.39, 0.29) is 29.8 Å². The molecule has 1 N–H and O–H groups in total. The smallest absolute Gasteiger partial charge is 0.322 e. The van der Waals surface area contributed by atoms with Gasteiger partial charge in [-0.05, 0) is 23.2 Å². The minimum atomic E-state index is -0.124. The predicted molar refractivity (Wildman–Crippen MR) is 42.4 cm³/mol. The van der Waals surface area contributed by atoms with Crippen LogP contribution in [0.2, 0.25) is 10.6 Å². The first kappa shape index (κ1) is 9.44. The van der Waals surface area contributed by atoms with Crippen molar-refractivity contribution >= 4 is 23.2 Å². The van der Waals surface area contributed by atoms with Gasteiger partial charge in [0, 0.05) is 0 Å². The number of aromatic nitrogens is 3. The molecule has 1 heterocycles. The Hall–Kier alpha value is -0.650. The molecule has 0 bridgehead atoms. The second-order valence-corrected chi connectivity index (χ2v) is 2.40. The lowest BCUT2D eigenvalue weighted by molar-refractivity contribution is 0.191. The van der Waals surface area contributed by atoms with Gasteiger partial charge in [-0.1, -0.05) is 0 Å². The molecule has 0 aliphatic rings. The van der Waals surface area contributed by atoms with E-state index >= 15 is 0 Å². The summed E-state index contributed by atoms with van der Waals surface area (Å²) in [6.07, 6.45) is 0.